The zero-order valence-corrected chi connectivity index (χ0v) is 11.1. The summed E-state index contributed by atoms with van der Waals surface area (Å²) >= 11 is 0. The molecule has 1 rings (SSSR count). The Balaban J connectivity index is 0.00000196. The number of hydrogen-bond donors (Lipinski definition) is 1. The molecule has 0 aliphatic carbocycles. The van der Waals surface area contributed by atoms with Crippen LogP contribution in [-0.2, 0) is 4.79 Å². The first-order chi connectivity index (χ1) is 6.58. The second kappa shape index (κ2) is 6.61. The van der Waals surface area contributed by atoms with E-state index in [9.17, 15) is 9.90 Å². The number of carboxylic acids is 1. The standard InChI is InChI=1S/C10H12N2O2.Na/c1-7-5-8(2)12-9(6-7)11-4-3-10(13)14;/h3-6H,1-2H3,(H,11,12)(H,13,14);/q;+1/p-1. The summed E-state index contributed by atoms with van der Waals surface area (Å²) in [5.41, 5.74) is 1.95. The van der Waals surface area contributed by atoms with Gasteiger partial charge in [0.15, 0.2) is 0 Å². The van der Waals surface area contributed by atoms with Crippen molar-refractivity contribution in [3.8, 4) is 0 Å². The molecule has 0 amide bonds. The monoisotopic (exact) mass is 214 g/mol. The molecule has 74 valence electrons. The van der Waals surface area contributed by atoms with Crippen molar-refractivity contribution in [2.45, 2.75) is 13.8 Å². The van der Waals surface area contributed by atoms with Gasteiger partial charge < -0.3 is 15.2 Å². The van der Waals surface area contributed by atoms with E-state index < -0.39 is 5.97 Å². The van der Waals surface area contributed by atoms with Crippen LogP contribution in [0.1, 0.15) is 11.3 Å². The molecule has 0 aliphatic heterocycles. The van der Waals surface area contributed by atoms with Crippen molar-refractivity contribution in [1.82, 2.24) is 4.98 Å². The molecule has 0 bridgehead atoms. The molecule has 0 unspecified atom stereocenters. The van der Waals surface area contributed by atoms with Crippen molar-refractivity contribution in [2.75, 3.05) is 5.32 Å². The Hall–Kier alpha value is -0.840. The SMILES string of the molecule is Cc1cc(C)nc(NC=CC(=O)[O-])c1.[Na+]. The number of anilines is 1. The van der Waals surface area contributed by atoms with Crippen LogP contribution < -0.4 is 40.0 Å². The van der Waals surface area contributed by atoms with E-state index in [1.54, 1.807) is 0 Å². The van der Waals surface area contributed by atoms with Crippen LogP contribution in [0.15, 0.2) is 24.4 Å². The van der Waals surface area contributed by atoms with Crippen LogP contribution in [0.3, 0.4) is 0 Å². The fourth-order valence-corrected chi connectivity index (χ4v) is 1.11. The third-order valence-corrected chi connectivity index (χ3v) is 1.55. The van der Waals surface area contributed by atoms with Crippen molar-refractivity contribution >= 4 is 11.8 Å². The van der Waals surface area contributed by atoms with Gasteiger partial charge >= 0.3 is 29.6 Å². The van der Waals surface area contributed by atoms with E-state index in [1.807, 2.05) is 26.0 Å². The predicted octanol–water partition coefficient (Wildman–Crippen LogP) is -2.62. The van der Waals surface area contributed by atoms with Gasteiger partial charge in [-0.25, -0.2) is 4.98 Å². The molecule has 0 atom stereocenters. The Morgan fingerprint density at radius 2 is 2.13 bits per heavy atom. The van der Waals surface area contributed by atoms with Crippen LogP contribution in [0, 0.1) is 13.8 Å². The Bertz CT molecular complexity index is 357. The molecule has 0 aromatic carbocycles. The molecule has 0 radical (unpaired) electrons. The minimum atomic E-state index is -1.23. The zero-order chi connectivity index (χ0) is 10.6. The summed E-state index contributed by atoms with van der Waals surface area (Å²) in [6, 6.07) is 3.76. The molecule has 0 aliphatic rings. The van der Waals surface area contributed by atoms with E-state index in [4.69, 9.17) is 0 Å². The van der Waals surface area contributed by atoms with Gasteiger partial charge in [-0.05, 0) is 37.6 Å². The molecule has 1 aromatic heterocycles. The maximum atomic E-state index is 10.1. The van der Waals surface area contributed by atoms with E-state index in [2.05, 4.69) is 10.3 Å². The molecule has 0 saturated heterocycles. The van der Waals surface area contributed by atoms with Crippen LogP contribution in [-0.4, -0.2) is 11.0 Å². The van der Waals surface area contributed by atoms with Crippen LogP contribution in [0.25, 0.3) is 0 Å². The molecule has 15 heavy (non-hydrogen) atoms. The maximum absolute atomic E-state index is 10.1. The quantitative estimate of drug-likeness (QED) is 0.442. The number of aliphatic carboxylic acids is 1. The third-order valence-electron chi connectivity index (χ3n) is 1.55. The van der Waals surface area contributed by atoms with Gasteiger partial charge in [-0.15, -0.1) is 0 Å². The van der Waals surface area contributed by atoms with Gasteiger partial charge in [0.05, 0.1) is 5.97 Å². The molecule has 1 N–H and O–H groups in total. The number of carbonyl (C=O) groups excluding carboxylic acids is 1. The summed E-state index contributed by atoms with van der Waals surface area (Å²) in [4.78, 5) is 14.2. The fraction of sp³-hybridized carbons (Fsp3) is 0.200. The van der Waals surface area contributed by atoms with Crippen LogP contribution in [0.2, 0.25) is 0 Å². The largest absolute Gasteiger partial charge is 1.00 e. The average Bonchev–Trinajstić information content (AvgIpc) is 2.01. The number of pyridine rings is 1. The smallest absolute Gasteiger partial charge is 0.545 e. The van der Waals surface area contributed by atoms with Gasteiger partial charge in [0, 0.05) is 11.9 Å². The van der Waals surface area contributed by atoms with E-state index in [0.29, 0.717) is 5.82 Å². The van der Waals surface area contributed by atoms with Gasteiger partial charge in [0.1, 0.15) is 5.82 Å². The normalized spacial score (nSPS) is 9.73. The van der Waals surface area contributed by atoms with Crippen molar-refractivity contribution in [2.24, 2.45) is 0 Å². The van der Waals surface area contributed by atoms with Gasteiger partial charge in [0.25, 0.3) is 0 Å². The number of nitrogens with one attached hydrogen (secondary N) is 1. The summed E-state index contributed by atoms with van der Waals surface area (Å²) in [7, 11) is 0. The molecule has 5 heteroatoms. The molecular formula is C10H11N2NaO2. The molecule has 1 heterocycles. The molecule has 1 aromatic rings. The Morgan fingerprint density at radius 3 is 2.67 bits per heavy atom. The topological polar surface area (TPSA) is 65.0 Å². The van der Waals surface area contributed by atoms with Gasteiger partial charge in [-0.1, -0.05) is 0 Å². The maximum Gasteiger partial charge on any atom is 1.00 e. The average molecular weight is 214 g/mol. The van der Waals surface area contributed by atoms with Crippen molar-refractivity contribution < 1.29 is 39.5 Å². The van der Waals surface area contributed by atoms with Gasteiger partial charge in [-0.2, -0.15) is 0 Å². The van der Waals surface area contributed by atoms with Crippen molar-refractivity contribution in [1.29, 1.82) is 0 Å². The summed E-state index contributed by atoms with van der Waals surface area (Å²) in [6.07, 6.45) is 2.20. The number of hydrogen-bond acceptors (Lipinski definition) is 4. The van der Waals surface area contributed by atoms with Crippen LogP contribution >= 0.6 is 0 Å². The number of aromatic nitrogens is 1. The minimum Gasteiger partial charge on any atom is -0.545 e. The summed E-state index contributed by atoms with van der Waals surface area (Å²) < 4.78 is 0. The number of nitrogens with zero attached hydrogens (tertiary/aromatic N) is 1. The van der Waals surface area contributed by atoms with E-state index in [-0.39, 0.29) is 29.6 Å². The summed E-state index contributed by atoms with van der Waals surface area (Å²) in [5, 5.41) is 12.8. The van der Waals surface area contributed by atoms with E-state index in [1.165, 1.54) is 6.20 Å². The molecule has 0 spiro atoms. The number of carboxylic acid groups (broad SMARTS) is 1. The third kappa shape index (κ3) is 5.57. The Labute approximate surface area is 111 Å². The first-order valence-electron chi connectivity index (χ1n) is 4.17. The number of carbonyl (C=O) groups is 1. The number of rotatable bonds is 3. The fourth-order valence-electron chi connectivity index (χ4n) is 1.11. The van der Waals surface area contributed by atoms with Crippen LogP contribution in [0.4, 0.5) is 5.82 Å². The number of aryl methyl sites for hydroxylation is 2. The molecular weight excluding hydrogens is 203 g/mol. The van der Waals surface area contributed by atoms with Gasteiger partial charge in [-0.3, -0.25) is 0 Å². The summed E-state index contributed by atoms with van der Waals surface area (Å²) in [5.74, 6) is -0.609. The van der Waals surface area contributed by atoms with Gasteiger partial charge in [0.2, 0.25) is 0 Å². The Morgan fingerprint density at radius 1 is 1.47 bits per heavy atom. The van der Waals surface area contributed by atoms with Crippen molar-refractivity contribution in [3.63, 3.8) is 0 Å². The van der Waals surface area contributed by atoms with E-state index in [0.717, 1.165) is 17.3 Å². The molecule has 0 fully saturated rings. The molecule has 4 nitrogen and oxygen atoms in total. The second-order valence-electron chi connectivity index (χ2n) is 2.97. The Kier molecular flexibility index (Phi) is 6.24. The molecule has 0 saturated carbocycles. The summed E-state index contributed by atoms with van der Waals surface area (Å²) in [6.45, 7) is 3.82. The first kappa shape index (κ1) is 14.2. The van der Waals surface area contributed by atoms with E-state index >= 15 is 0 Å². The second-order valence-corrected chi connectivity index (χ2v) is 2.97. The first-order valence-corrected chi connectivity index (χ1v) is 4.17. The predicted molar refractivity (Wildman–Crippen MR) is 51.5 cm³/mol. The van der Waals surface area contributed by atoms with Crippen LogP contribution in [0.5, 0.6) is 0 Å². The minimum absolute atomic E-state index is 0. The zero-order valence-electron chi connectivity index (χ0n) is 9.07. The van der Waals surface area contributed by atoms with Crippen molar-refractivity contribution in [3.05, 3.63) is 35.7 Å².